The van der Waals surface area contributed by atoms with Crippen molar-refractivity contribution in [3.8, 4) is 22.9 Å². The molecule has 18 heteroatoms. The van der Waals surface area contributed by atoms with E-state index in [0.29, 0.717) is 59.7 Å². The molecule has 2 unspecified atom stereocenters. The summed E-state index contributed by atoms with van der Waals surface area (Å²) in [5.41, 5.74) is 0.0944. The summed E-state index contributed by atoms with van der Waals surface area (Å²) in [7, 11) is -1.74. The van der Waals surface area contributed by atoms with Gasteiger partial charge in [0.05, 0.1) is 42.8 Å². The zero-order valence-corrected chi connectivity index (χ0v) is 39.1. The predicted octanol–water partition coefficient (Wildman–Crippen LogP) is 5.36. The maximum atomic E-state index is 15.0. The van der Waals surface area contributed by atoms with Crippen LogP contribution in [0.4, 0.5) is 5.13 Å². The molecule has 5 N–H and O–H groups in total. The second-order valence-corrected chi connectivity index (χ2v) is 21.9. The van der Waals surface area contributed by atoms with Crippen molar-refractivity contribution in [2.24, 2.45) is 11.3 Å². The summed E-state index contributed by atoms with van der Waals surface area (Å²) in [6.07, 6.45) is 7.57. The molecular formula is C45H64N8O8S2. The number of ether oxygens (including phenoxy) is 2. The largest absolute Gasteiger partial charge is 0.497 e. The number of carboxylic acids is 1. The number of carbonyl (C=O) groups is 3. The van der Waals surface area contributed by atoms with Crippen LogP contribution in [0, 0.1) is 11.3 Å². The summed E-state index contributed by atoms with van der Waals surface area (Å²) in [6, 6.07) is 5.58. The van der Waals surface area contributed by atoms with Gasteiger partial charge in [0.2, 0.25) is 21.8 Å². The number of amides is 2. The molecule has 1 aromatic carbocycles. The van der Waals surface area contributed by atoms with Crippen molar-refractivity contribution in [1.29, 1.82) is 0 Å². The Morgan fingerprint density at radius 3 is 2.59 bits per heavy atom. The van der Waals surface area contributed by atoms with Crippen LogP contribution in [0.5, 0.6) is 11.5 Å². The molecular weight excluding hydrogens is 845 g/mol. The first-order valence-corrected chi connectivity index (χ1v) is 24.8. The van der Waals surface area contributed by atoms with E-state index < -0.39 is 51.8 Å². The van der Waals surface area contributed by atoms with Crippen LogP contribution in [0.2, 0.25) is 0 Å². The molecule has 1 saturated carbocycles. The average molecular weight is 909 g/mol. The van der Waals surface area contributed by atoms with Crippen LogP contribution in [0.1, 0.15) is 92.9 Å². The highest BCUT2D eigenvalue weighted by Gasteiger charge is 2.61. The van der Waals surface area contributed by atoms with Crippen LogP contribution in [0.3, 0.4) is 0 Å². The molecule has 1 aliphatic carbocycles. The highest BCUT2D eigenvalue weighted by molar-refractivity contribution is 7.89. The van der Waals surface area contributed by atoms with E-state index in [1.165, 1.54) is 11.3 Å². The summed E-state index contributed by atoms with van der Waals surface area (Å²) in [6.45, 7) is 13.1. The van der Waals surface area contributed by atoms with Gasteiger partial charge in [-0.25, -0.2) is 27.5 Å². The van der Waals surface area contributed by atoms with E-state index in [1.807, 2.05) is 62.6 Å². The van der Waals surface area contributed by atoms with Gasteiger partial charge in [0.1, 0.15) is 34.9 Å². The number of hydrogen-bond acceptors (Lipinski definition) is 13. The topological polar surface area (TPSA) is 204 Å². The zero-order chi connectivity index (χ0) is 45.3. The first-order valence-electron chi connectivity index (χ1n) is 22.3. The number of methoxy groups -OCH3 is 1. The van der Waals surface area contributed by atoms with Crippen LogP contribution >= 0.6 is 11.3 Å². The van der Waals surface area contributed by atoms with Gasteiger partial charge in [-0.05, 0) is 70.4 Å². The predicted molar refractivity (Wildman–Crippen MR) is 244 cm³/mol. The highest BCUT2D eigenvalue weighted by Crippen LogP contribution is 2.45. The molecule has 3 aromatic rings. The minimum atomic E-state index is -3.33. The Morgan fingerprint density at radius 2 is 1.89 bits per heavy atom. The molecule has 4 aliphatic rings. The summed E-state index contributed by atoms with van der Waals surface area (Å²) in [4.78, 5) is 53.5. The number of carbonyl (C=O) groups excluding carboxylic acids is 2. The number of benzene rings is 1. The van der Waals surface area contributed by atoms with Crippen molar-refractivity contribution in [2.45, 2.75) is 135 Å². The van der Waals surface area contributed by atoms with E-state index in [1.54, 1.807) is 16.3 Å². The van der Waals surface area contributed by atoms with Crippen molar-refractivity contribution >= 4 is 55.2 Å². The van der Waals surface area contributed by atoms with Gasteiger partial charge in [-0.3, -0.25) is 20.2 Å². The number of hydrogen-bond donors (Lipinski definition) is 5. The number of carboxylic acid groups (broad SMARTS) is 1. The van der Waals surface area contributed by atoms with Crippen LogP contribution in [0.15, 0.2) is 41.8 Å². The number of aliphatic carboxylic acids is 1. The van der Waals surface area contributed by atoms with Gasteiger partial charge in [-0.1, -0.05) is 45.8 Å². The third-order valence-corrected chi connectivity index (χ3v) is 15.3. The number of allylic oxidation sites excluding steroid dienone is 1. The lowest BCUT2D eigenvalue weighted by Crippen LogP contribution is -2.60. The summed E-state index contributed by atoms with van der Waals surface area (Å²) in [5, 5.41) is 27.2. The number of thiazole rings is 1. The molecule has 0 spiro atoms. The van der Waals surface area contributed by atoms with E-state index in [9.17, 15) is 23.1 Å². The lowest BCUT2D eigenvalue weighted by molar-refractivity contribution is -0.145. The third-order valence-electron chi connectivity index (χ3n) is 12.6. The highest BCUT2D eigenvalue weighted by atomic mass is 32.2. The van der Waals surface area contributed by atoms with E-state index >= 15 is 4.79 Å². The van der Waals surface area contributed by atoms with Crippen LogP contribution in [0.25, 0.3) is 22.3 Å². The molecule has 63 heavy (non-hydrogen) atoms. The maximum absolute atomic E-state index is 15.0. The van der Waals surface area contributed by atoms with Crippen LogP contribution < -0.4 is 30.7 Å². The van der Waals surface area contributed by atoms with Gasteiger partial charge >= 0.3 is 5.97 Å². The monoisotopic (exact) mass is 908 g/mol. The van der Waals surface area contributed by atoms with E-state index in [-0.39, 0.29) is 54.5 Å². The minimum absolute atomic E-state index is 0.0756. The van der Waals surface area contributed by atoms with Gasteiger partial charge < -0.3 is 30.1 Å². The second-order valence-electron chi connectivity index (χ2n) is 18.9. The number of aromatic nitrogens is 2. The average Bonchev–Trinajstić information content (AvgIpc) is 3.49. The fraction of sp³-hybridized carbons (Fsp3) is 0.622. The Kier molecular flexibility index (Phi) is 14.1. The number of nitrogens with zero attached hydrogens (tertiary/aromatic N) is 4. The van der Waals surface area contributed by atoms with Crippen molar-refractivity contribution < 1.29 is 37.4 Å². The molecule has 5 heterocycles. The van der Waals surface area contributed by atoms with Gasteiger partial charge in [0.15, 0.2) is 5.13 Å². The quantitative estimate of drug-likeness (QED) is 0.108. The molecule has 3 aliphatic heterocycles. The Balaban J connectivity index is 1.19. The molecule has 344 valence electrons. The van der Waals surface area contributed by atoms with Gasteiger partial charge in [-0.15, -0.1) is 11.3 Å². The standard InChI is InChI=1S/C45H64N8O8S2/c1-27(2)46-43-50-36(26-62-43)35-22-38(32-17-16-30(60-7)20-34(32)49-35)61-31-21-37-40(54)51-45(42(56)57)23-29(45)14-11-9-8-10-12-15-33(41(55)53(37)24-31)47-28(3)48-39(44(4,5)6)25-52-18-13-19-63(52,58)59/h11,14,16-17,20,22,26-29,31,33,37,39,47-48H,8-10,12-13,15,18-19,21,23-25H2,1-7H3,(H,46,50)(H,51,54)(H,56,57)/b14-11-/t28?,29?,31-,33+,37+,39-,45-/m1/s1. The van der Waals surface area contributed by atoms with Crippen molar-refractivity contribution in [2.75, 3.05) is 37.8 Å². The van der Waals surface area contributed by atoms with E-state index in [2.05, 4.69) is 42.0 Å². The SMILES string of the molecule is COc1ccc2c(O[C@@H]3C[C@H]4C(=O)N[C@]5(C(=O)O)CC5/C=C\CCCCC[C@H](NC(C)N[C@H](CN5CCCS5(=O)=O)C(C)(C)C)C(=O)N4C3)cc(-c3csc(NC(C)C)n3)nc2c1. The molecule has 0 radical (unpaired) electrons. The zero-order valence-electron chi connectivity index (χ0n) is 37.5. The first-order chi connectivity index (χ1) is 29.9. The summed E-state index contributed by atoms with van der Waals surface area (Å²) >= 11 is 1.47. The van der Waals surface area contributed by atoms with E-state index in [0.717, 1.165) is 30.8 Å². The van der Waals surface area contributed by atoms with Crippen molar-refractivity contribution in [3.05, 3.63) is 41.8 Å². The smallest absolute Gasteiger partial charge is 0.330 e. The molecule has 3 fully saturated rings. The molecule has 2 amide bonds. The number of rotatable bonds is 13. The number of sulfonamides is 1. The lowest BCUT2D eigenvalue weighted by Gasteiger charge is -2.38. The first kappa shape index (κ1) is 46.6. The number of nitrogens with one attached hydrogen (secondary N) is 4. The Labute approximate surface area is 375 Å². The molecule has 2 saturated heterocycles. The van der Waals surface area contributed by atoms with Crippen molar-refractivity contribution in [3.63, 3.8) is 0 Å². The number of pyridine rings is 1. The maximum Gasteiger partial charge on any atom is 0.330 e. The molecule has 0 bridgehead atoms. The number of fused-ring (bicyclic) bond motifs is 3. The summed E-state index contributed by atoms with van der Waals surface area (Å²) < 4.78 is 39.6. The van der Waals surface area contributed by atoms with Crippen LogP contribution in [-0.2, 0) is 24.4 Å². The Bertz CT molecular complexity index is 2300. The molecule has 2 aromatic heterocycles. The normalized spacial score (nSPS) is 27.1. The van der Waals surface area contributed by atoms with Gasteiger partial charge in [0, 0.05) is 60.4 Å². The summed E-state index contributed by atoms with van der Waals surface area (Å²) in [5.74, 6) is -1.02. The lowest BCUT2D eigenvalue weighted by atomic mass is 9.86. The van der Waals surface area contributed by atoms with E-state index in [4.69, 9.17) is 19.4 Å². The molecule has 16 nitrogen and oxygen atoms in total. The Morgan fingerprint density at radius 1 is 1.10 bits per heavy atom. The third kappa shape index (κ3) is 10.8. The van der Waals surface area contributed by atoms with Gasteiger partial charge in [0.25, 0.3) is 0 Å². The van der Waals surface area contributed by atoms with Crippen molar-refractivity contribution in [1.82, 2.24) is 35.1 Å². The number of anilines is 1. The molecule has 7 rings (SSSR count). The fourth-order valence-electron chi connectivity index (χ4n) is 8.91. The Hall–Kier alpha value is -4.36. The molecule has 7 atom stereocenters. The van der Waals surface area contributed by atoms with Crippen LogP contribution in [-0.4, -0.2) is 125 Å². The fourth-order valence-corrected chi connectivity index (χ4v) is 11.3. The second kappa shape index (κ2) is 19.0. The van der Waals surface area contributed by atoms with Gasteiger partial charge in [-0.2, -0.15) is 0 Å². The minimum Gasteiger partial charge on any atom is -0.497 e.